The molecule has 0 saturated carbocycles. The summed E-state index contributed by atoms with van der Waals surface area (Å²) >= 11 is 1.61. The van der Waals surface area contributed by atoms with E-state index in [1.54, 1.807) is 42.1 Å². The number of rotatable bonds is 6. The van der Waals surface area contributed by atoms with Crippen molar-refractivity contribution in [2.24, 2.45) is 0 Å². The van der Waals surface area contributed by atoms with Crippen LogP contribution in [0.4, 0.5) is 4.79 Å². The van der Waals surface area contributed by atoms with Crippen molar-refractivity contribution in [1.29, 1.82) is 0 Å². The molecular weight excluding hydrogens is 264 g/mol. The number of thioether (sulfide) groups is 1. The van der Waals surface area contributed by atoms with Gasteiger partial charge >= 0.3 is 12.0 Å². The average Bonchev–Trinajstić information content (AvgIpc) is 2.37. The van der Waals surface area contributed by atoms with Crippen LogP contribution < -0.4 is 10.6 Å². The van der Waals surface area contributed by atoms with Crippen molar-refractivity contribution in [3.63, 3.8) is 0 Å². The molecule has 0 spiro atoms. The summed E-state index contributed by atoms with van der Waals surface area (Å²) in [5.74, 6) is -0.310. The molecule has 0 aliphatic rings. The summed E-state index contributed by atoms with van der Waals surface area (Å²) in [6.45, 7) is 1.87. The fourth-order valence-corrected chi connectivity index (χ4v) is 2.20. The van der Waals surface area contributed by atoms with Gasteiger partial charge in [-0.15, -0.1) is 0 Å². The number of carbonyl (C=O) groups excluding carboxylic acids is 1. The summed E-state index contributed by atoms with van der Waals surface area (Å²) in [6.07, 6.45) is 1.94. The largest absolute Gasteiger partial charge is 0.479 e. The molecule has 0 bridgehead atoms. The zero-order valence-corrected chi connectivity index (χ0v) is 11.7. The lowest BCUT2D eigenvalue weighted by molar-refractivity contribution is -0.139. The second-order valence-electron chi connectivity index (χ2n) is 4.16. The number of aliphatic carboxylic acids is 1. The number of urea groups is 1. The molecule has 2 atom stereocenters. The Morgan fingerprint density at radius 1 is 1.26 bits per heavy atom. The fraction of sp³-hybridized carbons (Fsp3) is 0.385. The second-order valence-corrected chi connectivity index (χ2v) is 5.07. The van der Waals surface area contributed by atoms with Gasteiger partial charge < -0.3 is 15.7 Å². The molecule has 6 heteroatoms. The van der Waals surface area contributed by atoms with Crippen molar-refractivity contribution in [2.45, 2.75) is 19.0 Å². The lowest BCUT2D eigenvalue weighted by Crippen LogP contribution is -2.45. The van der Waals surface area contributed by atoms with Crippen LogP contribution in [-0.2, 0) is 4.79 Å². The Morgan fingerprint density at radius 3 is 2.42 bits per heavy atom. The quantitative estimate of drug-likeness (QED) is 0.744. The third kappa shape index (κ3) is 5.21. The van der Waals surface area contributed by atoms with Crippen LogP contribution >= 0.6 is 11.8 Å². The summed E-state index contributed by atoms with van der Waals surface area (Å²) in [4.78, 5) is 22.9. The molecule has 0 aliphatic carbocycles. The van der Waals surface area contributed by atoms with Gasteiger partial charge in [-0.3, -0.25) is 0 Å². The molecule has 0 radical (unpaired) electrons. The zero-order valence-electron chi connectivity index (χ0n) is 10.9. The average molecular weight is 282 g/mol. The third-order valence-corrected chi connectivity index (χ3v) is 3.28. The second kappa shape index (κ2) is 7.68. The number of nitrogens with one attached hydrogen (secondary N) is 2. The highest BCUT2D eigenvalue weighted by molar-refractivity contribution is 7.98. The van der Waals surface area contributed by atoms with Gasteiger partial charge in [0.2, 0.25) is 0 Å². The summed E-state index contributed by atoms with van der Waals surface area (Å²) in [5.41, 5.74) is 0.544. The van der Waals surface area contributed by atoms with Crippen molar-refractivity contribution in [3.8, 4) is 0 Å². The molecule has 2 amide bonds. The summed E-state index contributed by atoms with van der Waals surface area (Å²) in [5, 5.41) is 14.3. The molecule has 0 fully saturated rings. The number of hydrogen-bond acceptors (Lipinski definition) is 3. The Balaban J connectivity index is 2.65. The molecule has 1 aromatic rings. The van der Waals surface area contributed by atoms with Gasteiger partial charge in [0.15, 0.2) is 6.04 Å². The van der Waals surface area contributed by atoms with Crippen LogP contribution in [-0.4, -0.2) is 35.2 Å². The van der Waals surface area contributed by atoms with Crippen LogP contribution in [0.2, 0.25) is 0 Å². The highest BCUT2D eigenvalue weighted by atomic mass is 32.2. The van der Waals surface area contributed by atoms with E-state index in [0.29, 0.717) is 5.56 Å². The summed E-state index contributed by atoms with van der Waals surface area (Å²) in [7, 11) is 0. The van der Waals surface area contributed by atoms with E-state index in [-0.39, 0.29) is 6.04 Å². The molecule has 0 aromatic heterocycles. The molecule has 0 aliphatic heterocycles. The monoisotopic (exact) mass is 282 g/mol. The van der Waals surface area contributed by atoms with Crippen molar-refractivity contribution in [2.75, 3.05) is 12.0 Å². The van der Waals surface area contributed by atoms with Gasteiger partial charge in [-0.1, -0.05) is 30.3 Å². The van der Waals surface area contributed by atoms with Crippen molar-refractivity contribution >= 4 is 23.8 Å². The minimum atomic E-state index is -1.08. The Labute approximate surface area is 116 Å². The first-order valence-electron chi connectivity index (χ1n) is 5.88. The Bertz CT molecular complexity index is 425. The molecule has 1 rings (SSSR count). The lowest BCUT2D eigenvalue weighted by Gasteiger charge is -2.18. The number of carboxylic acids is 1. The topological polar surface area (TPSA) is 78.4 Å². The van der Waals surface area contributed by atoms with Gasteiger partial charge in [0.05, 0.1) is 0 Å². The van der Waals surface area contributed by atoms with Gasteiger partial charge in [0.1, 0.15) is 0 Å². The zero-order chi connectivity index (χ0) is 14.3. The van der Waals surface area contributed by atoms with Crippen LogP contribution in [0.1, 0.15) is 18.5 Å². The van der Waals surface area contributed by atoms with Gasteiger partial charge in [0.25, 0.3) is 0 Å². The first kappa shape index (κ1) is 15.4. The molecule has 3 N–H and O–H groups in total. The fourth-order valence-electron chi connectivity index (χ4n) is 1.62. The van der Waals surface area contributed by atoms with Crippen molar-refractivity contribution in [3.05, 3.63) is 35.9 Å². The molecule has 104 valence electrons. The molecule has 0 saturated heterocycles. The van der Waals surface area contributed by atoms with Gasteiger partial charge in [-0.2, -0.15) is 11.8 Å². The molecular formula is C13H18N2O3S. The minimum Gasteiger partial charge on any atom is -0.479 e. The highest BCUT2D eigenvalue weighted by Crippen LogP contribution is 2.12. The highest BCUT2D eigenvalue weighted by Gasteiger charge is 2.22. The molecule has 1 unspecified atom stereocenters. The van der Waals surface area contributed by atoms with E-state index >= 15 is 0 Å². The maximum absolute atomic E-state index is 11.7. The number of hydrogen-bond donors (Lipinski definition) is 3. The lowest BCUT2D eigenvalue weighted by atomic mass is 10.1. The Hall–Kier alpha value is -1.69. The minimum absolute atomic E-state index is 0.0137. The number of carbonyl (C=O) groups is 2. The smallest absolute Gasteiger partial charge is 0.330 e. The predicted octanol–water partition coefficient (Wildman–Crippen LogP) is 1.86. The van der Waals surface area contributed by atoms with Crippen LogP contribution in [0.3, 0.4) is 0 Å². The maximum Gasteiger partial charge on any atom is 0.330 e. The van der Waals surface area contributed by atoms with Gasteiger partial charge in [-0.05, 0) is 18.7 Å². The summed E-state index contributed by atoms with van der Waals surface area (Å²) in [6, 6.07) is 7.08. The van der Waals surface area contributed by atoms with E-state index in [4.69, 9.17) is 5.11 Å². The van der Waals surface area contributed by atoms with Crippen LogP contribution in [0, 0.1) is 0 Å². The Kier molecular flexibility index (Phi) is 6.21. The van der Waals surface area contributed by atoms with Crippen molar-refractivity contribution in [1.82, 2.24) is 10.6 Å². The van der Waals surface area contributed by atoms with E-state index in [9.17, 15) is 9.59 Å². The predicted molar refractivity (Wildman–Crippen MR) is 76.3 cm³/mol. The van der Waals surface area contributed by atoms with Crippen molar-refractivity contribution < 1.29 is 14.7 Å². The Morgan fingerprint density at radius 2 is 1.89 bits per heavy atom. The first-order chi connectivity index (χ1) is 9.04. The van der Waals surface area contributed by atoms with E-state index in [0.717, 1.165) is 5.75 Å². The molecule has 19 heavy (non-hydrogen) atoms. The van der Waals surface area contributed by atoms with Crippen LogP contribution in [0.25, 0.3) is 0 Å². The number of amides is 2. The SMILES string of the molecule is CSCC(C)NC(=O)N[C@@H](C(=O)O)c1ccccc1. The van der Waals surface area contributed by atoms with E-state index in [2.05, 4.69) is 10.6 Å². The van der Waals surface area contributed by atoms with E-state index in [1.807, 2.05) is 13.2 Å². The number of benzene rings is 1. The standard InChI is InChI=1S/C13H18N2O3S/c1-9(8-19-2)14-13(18)15-11(12(16)17)10-6-4-3-5-7-10/h3-7,9,11H,8H2,1-2H3,(H,16,17)(H2,14,15,18)/t9?,11-/m1/s1. The molecule has 1 aromatic carbocycles. The first-order valence-corrected chi connectivity index (χ1v) is 7.27. The van der Waals surface area contributed by atoms with Gasteiger partial charge in [-0.25, -0.2) is 9.59 Å². The maximum atomic E-state index is 11.7. The van der Waals surface area contributed by atoms with Crippen LogP contribution in [0.15, 0.2) is 30.3 Å². The molecule has 5 nitrogen and oxygen atoms in total. The molecule has 0 heterocycles. The van der Waals surface area contributed by atoms with Crippen LogP contribution in [0.5, 0.6) is 0 Å². The van der Waals surface area contributed by atoms with E-state index in [1.165, 1.54) is 0 Å². The number of carboxylic acid groups (broad SMARTS) is 1. The van der Waals surface area contributed by atoms with E-state index < -0.39 is 18.0 Å². The van der Waals surface area contributed by atoms with Gasteiger partial charge in [0, 0.05) is 11.8 Å². The third-order valence-electron chi connectivity index (χ3n) is 2.45. The normalized spacial score (nSPS) is 13.4. The summed E-state index contributed by atoms with van der Waals surface area (Å²) < 4.78 is 0.